The van der Waals surface area contributed by atoms with Gasteiger partial charge in [0, 0.05) is 14.0 Å². The molecule has 7 heteroatoms. The molecule has 0 bridgehead atoms. The van der Waals surface area contributed by atoms with Crippen molar-refractivity contribution in [2.75, 3.05) is 13.7 Å². The Labute approximate surface area is 134 Å². The highest BCUT2D eigenvalue weighted by Crippen LogP contribution is 2.26. The molecule has 1 unspecified atom stereocenters. The van der Waals surface area contributed by atoms with Crippen LogP contribution >= 0.6 is 0 Å². The van der Waals surface area contributed by atoms with Crippen LogP contribution in [0, 0.1) is 0 Å². The lowest BCUT2D eigenvalue weighted by Gasteiger charge is -2.41. The van der Waals surface area contributed by atoms with Gasteiger partial charge in [-0.05, 0) is 5.56 Å². The highest BCUT2D eigenvalue weighted by atomic mass is 16.7. The molecule has 128 valence electrons. The van der Waals surface area contributed by atoms with Gasteiger partial charge in [0.25, 0.3) is 0 Å². The topological polar surface area (TPSA) is 94.5 Å². The smallest absolute Gasteiger partial charge is 0.303 e. The molecular formula is C16H22O7. The van der Waals surface area contributed by atoms with Gasteiger partial charge in [0.15, 0.2) is 12.4 Å². The minimum atomic E-state index is -1.34. The van der Waals surface area contributed by atoms with Gasteiger partial charge < -0.3 is 29.2 Å². The van der Waals surface area contributed by atoms with Crippen LogP contribution in [0.25, 0.3) is 0 Å². The zero-order valence-corrected chi connectivity index (χ0v) is 13.1. The Kier molecular flexibility index (Phi) is 6.49. The summed E-state index contributed by atoms with van der Waals surface area (Å²) in [4.78, 5) is 11.3. The summed E-state index contributed by atoms with van der Waals surface area (Å²) in [6, 6.07) is 9.32. The third-order valence-electron chi connectivity index (χ3n) is 3.55. The third-order valence-corrected chi connectivity index (χ3v) is 3.55. The van der Waals surface area contributed by atoms with Crippen LogP contribution in [0.1, 0.15) is 12.5 Å². The van der Waals surface area contributed by atoms with Crippen molar-refractivity contribution in [2.24, 2.45) is 0 Å². The molecule has 1 saturated heterocycles. The summed E-state index contributed by atoms with van der Waals surface area (Å²) in [7, 11) is 1.45. The predicted molar refractivity (Wildman–Crippen MR) is 79.3 cm³/mol. The average Bonchev–Trinajstić information content (AvgIpc) is 2.52. The summed E-state index contributed by atoms with van der Waals surface area (Å²) >= 11 is 0. The van der Waals surface area contributed by atoms with E-state index in [-0.39, 0.29) is 13.2 Å². The normalized spacial score (nSPS) is 30.9. The van der Waals surface area contributed by atoms with Crippen molar-refractivity contribution in [1.82, 2.24) is 0 Å². The summed E-state index contributed by atoms with van der Waals surface area (Å²) in [5.41, 5.74) is 0.884. The minimum absolute atomic E-state index is 0.0569. The molecule has 0 radical (unpaired) electrons. The number of aliphatic hydroxyl groups excluding tert-OH is 2. The van der Waals surface area contributed by atoms with Crippen LogP contribution in [0.15, 0.2) is 30.3 Å². The van der Waals surface area contributed by atoms with Gasteiger partial charge in [-0.15, -0.1) is 0 Å². The number of rotatable bonds is 6. The summed E-state index contributed by atoms with van der Waals surface area (Å²) in [6.07, 6.45) is -5.35. The molecule has 0 aromatic heterocycles. The first kappa shape index (κ1) is 17.8. The maximum atomic E-state index is 11.3. The summed E-state index contributed by atoms with van der Waals surface area (Å²) in [6.45, 7) is 1.47. The van der Waals surface area contributed by atoms with E-state index in [1.165, 1.54) is 14.0 Å². The number of esters is 1. The maximum absolute atomic E-state index is 11.3. The van der Waals surface area contributed by atoms with Gasteiger partial charge in [0.2, 0.25) is 0 Å². The number of hydrogen-bond acceptors (Lipinski definition) is 7. The molecule has 5 atom stereocenters. The Bertz CT molecular complexity index is 492. The van der Waals surface area contributed by atoms with E-state index in [0.29, 0.717) is 0 Å². The fourth-order valence-electron chi connectivity index (χ4n) is 2.48. The van der Waals surface area contributed by atoms with Gasteiger partial charge in [-0.1, -0.05) is 30.3 Å². The fraction of sp³-hybridized carbons (Fsp3) is 0.562. The molecule has 0 amide bonds. The SMILES string of the molecule is COC[C@H]1OC(O)[C@H](OCc2ccccc2)[C@@H](OC(C)=O)[C@@H]1O. The van der Waals surface area contributed by atoms with Crippen LogP contribution in [0.2, 0.25) is 0 Å². The number of carbonyl (C=O) groups is 1. The molecule has 1 fully saturated rings. The second-order valence-corrected chi connectivity index (χ2v) is 5.35. The van der Waals surface area contributed by atoms with Gasteiger partial charge in [-0.3, -0.25) is 4.79 Å². The third kappa shape index (κ3) is 4.73. The molecule has 1 aliphatic heterocycles. The molecule has 23 heavy (non-hydrogen) atoms. The van der Waals surface area contributed by atoms with Crippen LogP contribution < -0.4 is 0 Å². The van der Waals surface area contributed by atoms with Crippen molar-refractivity contribution in [2.45, 2.75) is 44.2 Å². The van der Waals surface area contributed by atoms with Gasteiger partial charge in [-0.25, -0.2) is 0 Å². The Morgan fingerprint density at radius 2 is 1.91 bits per heavy atom. The Morgan fingerprint density at radius 3 is 2.52 bits per heavy atom. The number of methoxy groups -OCH3 is 1. The fourth-order valence-corrected chi connectivity index (χ4v) is 2.48. The molecule has 1 aliphatic rings. The first-order valence-electron chi connectivity index (χ1n) is 7.36. The van der Waals surface area contributed by atoms with E-state index in [4.69, 9.17) is 18.9 Å². The second-order valence-electron chi connectivity index (χ2n) is 5.35. The molecule has 7 nitrogen and oxygen atoms in total. The van der Waals surface area contributed by atoms with Crippen LogP contribution in [-0.2, 0) is 30.3 Å². The van der Waals surface area contributed by atoms with E-state index >= 15 is 0 Å². The standard InChI is InChI=1S/C16H22O7/c1-10(17)22-14-13(18)12(9-20-2)23-16(19)15(14)21-8-11-6-4-3-5-7-11/h3-7,12-16,18-19H,8-9H2,1-2H3/t12-,13-,14+,15-,16?/m1/s1. The highest BCUT2D eigenvalue weighted by molar-refractivity contribution is 5.66. The van der Waals surface area contributed by atoms with E-state index in [9.17, 15) is 15.0 Å². The van der Waals surface area contributed by atoms with E-state index in [1.807, 2.05) is 30.3 Å². The number of hydrogen-bond donors (Lipinski definition) is 2. The van der Waals surface area contributed by atoms with Crippen molar-refractivity contribution in [3.8, 4) is 0 Å². The first-order valence-corrected chi connectivity index (χ1v) is 7.36. The van der Waals surface area contributed by atoms with Gasteiger partial charge >= 0.3 is 5.97 Å². The molecule has 1 heterocycles. The van der Waals surface area contributed by atoms with Crippen molar-refractivity contribution in [1.29, 1.82) is 0 Å². The molecule has 1 aromatic rings. The minimum Gasteiger partial charge on any atom is -0.457 e. The highest BCUT2D eigenvalue weighted by Gasteiger charge is 2.47. The van der Waals surface area contributed by atoms with Crippen LogP contribution in [0.4, 0.5) is 0 Å². The van der Waals surface area contributed by atoms with Crippen LogP contribution in [0.5, 0.6) is 0 Å². The second kappa shape index (κ2) is 8.37. The molecule has 0 aliphatic carbocycles. The Balaban J connectivity index is 2.08. The number of aliphatic hydroxyl groups is 2. The van der Waals surface area contributed by atoms with E-state index < -0.39 is 36.7 Å². The summed E-state index contributed by atoms with van der Waals surface area (Å²) < 4.78 is 21.0. The number of benzene rings is 1. The average molecular weight is 326 g/mol. The lowest BCUT2D eigenvalue weighted by molar-refractivity contribution is -0.301. The van der Waals surface area contributed by atoms with E-state index in [2.05, 4.69) is 0 Å². The molecule has 0 saturated carbocycles. The van der Waals surface area contributed by atoms with Crippen LogP contribution in [-0.4, -0.2) is 60.6 Å². The summed E-state index contributed by atoms with van der Waals surface area (Å²) in [5.74, 6) is -0.576. The van der Waals surface area contributed by atoms with Crippen molar-refractivity contribution in [3.63, 3.8) is 0 Å². The van der Waals surface area contributed by atoms with Gasteiger partial charge in [-0.2, -0.15) is 0 Å². The van der Waals surface area contributed by atoms with Gasteiger partial charge in [0.05, 0.1) is 13.2 Å². The lowest BCUT2D eigenvalue weighted by atomic mass is 9.98. The first-order chi connectivity index (χ1) is 11.0. The number of ether oxygens (including phenoxy) is 4. The van der Waals surface area contributed by atoms with Crippen LogP contribution in [0.3, 0.4) is 0 Å². The van der Waals surface area contributed by atoms with Crippen molar-refractivity contribution >= 4 is 5.97 Å². The maximum Gasteiger partial charge on any atom is 0.303 e. The zero-order chi connectivity index (χ0) is 16.8. The summed E-state index contributed by atoms with van der Waals surface area (Å²) in [5, 5.41) is 20.5. The van der Waals surface area contributed by atoms with E-state index in [1.54, 1.807) is 0 Å². The monoisotopic (exact) mass is 326 g/mol. The zero-order valence-electron chi connectivity index (χ0n) is 13.1. The van der Waals surface area contributed by atoms with Gasteiger partial charge in [0.1, 0.15) is 18.3 Å². The van der Waals surface area contributed by atoms with Crippen molar-refractivity contribution in [3.05, 3.63) is 35.9 Å². The largest absolute Gasteiger partial charge is 0.457 e. The molecular weight excluding hydrogens is 304 g/mol. The quantitative estimate of drug-likeness (QED) is 0.723. The lowest BCUT2D eigenvalue weighted by Crippen LogP contribution is -2.60. The molecule has 0 spiro atoms. The predicted octanol–water partition coefficient (Wildman–Crippen LogP) is 0.228. The van der Waals surface area contributed by atoms with E-state index in [0.717, 1.165) is 5.56 Å². The Hall–Kier alpha value is -1.51. The van der Waals surface area contributed by atoms with Crippen molar-refractivity contribution < 1.29 is 34.0 Å². The molecule has 2 rings (SSSR count). The number of carbonyl (C=O) groups excluding carboxylic acids is 1. The Morgan fingerprint density at radius 1 is 1.22 bits per heavy atom. The molecule has 1 aromatic carbocycles. The molecule has 2 N–H and O–H groups in total.